The molecule has 0 spiro atoms. The third-order valence-electron chi connectivity index (χ3n) is 3.93. The van der Waals surface area contributed by atoms with Gasteiger partial charge in [-0.05, 0) is 31.2 Å². The van der Waals surface area contributed by atoms with Crippen LogP contribution in [0.15, 0.2) is 47.6 Å². The third kappa shape index (κ3) is 3.97. The van der Waals surface area contributed by atoms with E-state index in [1.807, 2.05) is 6.07 Å². The minimum atomic E-state index is -0.846. The van der Waals surface area contributed by atoms with Crippen LogP contribution in [-0.4, -0.2) is 36.4 Å². The zero-order valence-electron chi connectivity index (χ0n) is 14.7. The summed E-state index contributed by atoms with van der Waals surface area (Å²) >= 11 is 0. The van der Waals surface area contributed by atoms with Gasteiger partial charge in [0, 0.05) is 11.6 Å². The van der Waals surface area contributed by atoms with E-state index in [0.29, 0.717) is 22.8 Å². The van der Waals surface area contributed by atoms with E-state index in [4.69, 9.17) is 14.2 Å². The highest BCUT2D eigenvalue weighted by molar-refractivity contribution is 6.00. The summed E-state index contributed by atoms with van der Waals surface area (Å²) < 4.78 is 16.1. The molecule has 1 aliphatic rings. The van der Waals surface area contributed by atoms with E-state index in [2.05, 4.69) is 10.5 Å². The first-order valence-corrected chi connectivity index (χ1v) is 8.05. The Morgan fingerprint density at radius 3 is 2.74 bits per heavy atom. The predicted molar refractivity (Wildman–Crippen MR) is 96.4 cm³/mol. The quantitative estimate of drug-likeness (QED) is 0.490. The summed E-state index contributed by atoms with van der Waals surface area (Å²) in [5, 5.41) is 15.1. The number of carbonyl (C=O) groups is 1. The first kappa shape index (κ1) is 18.2. The van der Waals surface area contributed by atoms with E-state index in [0.717, 1.165) is 0 Å². The Labute approximate surface area is 154 Å². The molecule has 0 aromatic heterocycles. The number of hydrazone groups is 1. The Morgan fingerprint density at radius 2 is 2.04 bits per heavy atom. The van der Waals surface area contributed by atoms with Crippen LogP contribution in [0.2, 0.25) is 0 Å². The number of nitrogens with zero attached hydrogens (tertiary/aromatic N) is 2. The van der Waals surface area contributed by atoms with Crippen molar-refractivity contribution in [1.82, 2.24) is 5.43 Å². The predicted octanol–water partition coefficient (Wildman–Crippen LogP) is 2.28. The molecule has 1 aliphatic heterocycles. The van der Waals surface area contributed by atoms with Gasteiger partial charge in [-0.15, -0.1) is 0 Å². The van der Waals surface area contributed by atoms with Crippen LogP contribution in [0.1, 0.15) is 12.5 Å². The van der Waals surface area contributed by atoms with Crippen molar-refractivity contribution in [3.05, 3.63) is 58.1 Å². The lowest BCUT2D eigenvalue weighted by Gasteiger charge is -2.24. The lowest BCUT2D eigenvalue weighted by molar-refractivity contribution is -0.385. The lowest BCUT2D eigenvalue weighted by Crippen LogP contribution is -2.42. The van der Waals surface area contributed by atoms with Gasteiger partial charge in [-0.1, -0.05) is 12.1 Å². The third-order valence-corrected chi connectivity index (χ3v) is 3.93. The number of carbonyl (C=O) groups excluding carboxylic acids is 1. The number of rotatable bonds is 5. The minimum Gasteiger partial charge on any atom is -0.490 e. The Hall–Kier alpha value is -3.62. The van der Waals surface area contributed by atoms with Gasteiger partial charge in [-0.3, -0.25) is 14.9 Å². The summed E-state index contributed by atoms with van der Waals surface area (Å²) in [6, 6.07) is 11.5. The van der Waals surface area contributed by atoms with Crippen molar-refractivity contribution in [3.8, 4) is 17.2 Å². The number of para-hydroxylation sites is 2. The van der Waals surface area contributed by atoms with Crippen LogP contribution in [0.3, 0.4) is 0 Å². The van der Waals surface area contributed by atoms with E-state index < -0.39 is 16.9 Å². The van der Waals surface area contributed by atoms with Crippen LogP contribution in [0, 0.1) is 10.1 Å². The molecule has 0 bridgehead atoms. The Morgan fingerprint density at radius 1 is 1.30 bits per heavy atom. The zero-order valence-corrected chi connectivity index (χ0v) is 14.7. The number of amides is 1. The molecule has 27 heavy (non-hydrogen) atoms. The second kappa shape index (κ2) is 7.73. The first-order valence-electron chi connectivity index (χ1n) is 8.05. The lowest BCUT2D eigenvalue weighted by atomic mass is 10.1. The molecular formula is C18H17N3O6. The van der Waals surface area contributed by atoms with Crippen LogP contribution in [-0.2, 0) is 4.79 Å². The summed E-state index contributed by atoms with van der Waals surface area (Å²) in [6.45, 7) is 1.69. The number of methoxy groups -OCH3 is 1. The Bertz CT molecular complexity index is 912. The largest absolute Gasteiger partial charge is 0.490 e. The first-order chi connectivity index (χ1) is 13.0. The van der Waals surface area contributed by atoms with E-state index in [1.165, 1.54) is 19.2 Å². The molecule has 0 fully saturated rings. The number of benzene rings is 2. The molecule has 3 rings (SSSR count). The minimum absolute atomic E-state index is 0.0609. The molecule has 1 N–H and O–H groups in total. The average molecular weight is 371 g/mol. The van der Waals surface area contributed by atoms with Crippen molar-refractivity contribution < 1.29 is 23.9 Å². The second-order valence-corrected chi connectivity index (χ2v) is 5.68. The molecule has 1 amide bonds. The van der Waals surface area contributed by atoms with Gasteiger partial charge in [0.25, 0.3) is 5.91 Å². The normalized spacial score (nSPS) is 15.8. The van der Waals surface area contributed by atoms with Gasteiger partial charge >= 0.3 is 5.69 Å². The van der Waals surface area contributed by atoms with Gasteiger partial charge in [0.2, 0.25) is 6.10 Å². The van der Waals surface area contributed by atoms with Crippen LogP contribution in [0.25, 0.3) is 0 Å². The number of nitrogens with one attached hydrogen (secondary N) is 1. The fourth-order valence-corrected chi connectivity index (χ4v) is 2.48. The maximum atomic E-state index is 12.3. The number of hydrogen-bond donors (Lipinski definition) is 1. The highest BCUT2D eigenvalue weighted by Gasteiger charge is 2.27. The van der Waals surface area contributed by atoms with Crippen LogP contribution in [0.4, 0.5) is 5.69 Å². The monoisotopic (exact) mass is 371 g/mol. The van der Waals surface area contributed by atoms with Crippen molar-refractivity contribution in [2.24, 2.45) is 5.10 Å². The van der Waals surface area contributed by atoms with Crippen molar-refractivity contribution in [2.45, 2.75) is 13.0 Å². The number of hydrogen-bond acceptors (Lipinski definition) is 7. The van der Waals surface area contributed by atoms with Crippen molar-refractivity contribution in [3.63, 3.8) is 0 Å². The van der Waals surface area contributed by atoms with E-state index in [9.17, 15) is 14.9 Å². The van der Waals surface area contributed by atoms with Gasteiger partial charge < -0.3 is 14.2 Å². The molecule has 1 atom stereocenters. The smallest absolute Gasteiger partial charge is 0.311 e. The molecule has 9 nitrogen and oxygen atoms in total. The van der Waals surface area contributed by atoms with Crippen LogP contribution in [0.5, 0.6) is 17.2 Å². The number of fused-ring (bicyclic) bond motifs is 1. The molecule has 2 aromatic rings. The second-order valence-electron chi connectivity index (χ2n) is 5.68. The molecule has 0 aliphatic carbocycles. The highest BCUT2D eigenvalue weighted by Crippen LogP contribution is 2.31. The van der Waals surface area contributed by atoms with E-state index >= 15 is 0 Å². The van der Waals surface area contributed by atoms with Crippen molar-refractivity contribution >= 4 is 17.3 Å². The van der Waals surface area contributed by atoms with Crippen LogP contribution >= 0.6 is 0 Å². The summed E-state index contributed by atoms with van der Waals surface area (Å²) in [4.78, 5) is 22.8. The number of ether oxygens (including phenoxy) is 3. The Balaban J connectivity index is 1.70. The SMILES string of the molecule is COc1ccc(/C(C)=N\NC(=O)[C@H]2COc3ccccc3O2)cc1[N+](=O)[O-]. The van der Waals surface area contributed by atoms with Gasteiger partial charge in [0.1, 0.15) is 6.61 Å². The summed E-state index contributed by atoms with van der Waals surface area (Å²) in [5.74, 6) is 0.723. The van der Waals surface area contributed by atoms with Crippen molar-refractivity contribution in [2.75, 3.05) is 13.7 Å². The number of nitro benzene ring substituents is 1. The molecule has 140 valence electrons. The topological polar surface area (TPSA) is 112 Å². The summed E-state index contributed by atoms with van der Waals surface area (Å²) in [6.07, 6.45) is -0.846. The standard InChI is InChI=1S/C18H17N3O6/c1-11(12-7-8-14(25-2)13(9-12)21(23)24)19-20-18(22)17-10-26-15-5-3-4-6-16(15)27-17/h3-9,17H,10H2,1-2H3,(H,20,22)/b19-11-/t17-/m1/s1. The molecule has 2 aromatic carbocycles. The number of nitro groups is 1. The summed E-state index contributed by atoms with van der Waals surface area (Å²) in [5.41, 5.74) is 3.09. The average Bonchev–Trinajstić information content (AvgIpc) is 2.70. The van der Waals surface area contributed by atoms with Gasteiger partial charge in [0.05, 0.1) is 17.7 Å². The maximum absolute atomic E-state index is 12.3. The van der Waals surface area contributed by atoms with Gasteiger partial charge in [-0.2, -0.15) is 5.10 Å². The fraction of sp³-hybridized carbons (Fsp3) is 0.222. The molecule has 1 heterocycles. The van der Waals surface area contributed by atoms with E-state index in [-0.39, 0.29) is 18.0 Å². The molecule has 9 heteroatoms. The molecule has 0 radical (unpaired) electrons. The molecule has 0 saturated carbocycles. The molecule has 0 unspecified atom stereocenters. The Kier molecular flexibility index (Phi) is 5.20. The fourth-order valence-electron chi connectivity index (χ4n) is 2.48. The van der Waals surface area contributed by atoms with Gasteiger partial charge in [-0.25, -0.2) is 5.43 Å². The van der Waals surface area contributed by atoms with Crippen LogP contribution < -0.4 is 19.6 Å². The molecule has 0 saturated heterocycles. The maximum Gasteiger partial charge on any atom is 0.311 e. The molecular weight excluding hydrogens is 354 g/mol. The van der Waals surface area contributed by atoms with E-state index in [1.54, 1.807) is 31.2 Å². The summed E-state index contributed by atoms with van der Waals surface area (Å²) in [7, 11) is 1.35. The zero-order chi connectivity index (χ0) is 19.4. The van der Waals surface area contributed by atoms with Gasteiger partial charge in [0.15, 0.2) is 17.2 Å². The van der Waals surface area contributed by atoms with Crippen molar-refractivity contribution in [1.29, 1.82) is 0 Å². The highest BCUT2D eigenvalue weighted by atomic mass is 16.6.